The predicted octanol–water partition coefficient (Wildman–Crippen LogP) is 5.12. The lowest BCUT2D eigenvalue weighted by atomic mass is 9.67. The Morgan fingerprint density at radius 1 is 1.30 bits per heavy atom. The summed E-state index contributed by atoms with van der Waals surface area (Å²) in [7, 11) is 1.35. The van der Waals surface area contributed by atoms with Gasteiger partial charge in [0.05, 0.1) is 7.11 Å². The molecule has 0 aromatic carbocycles. The van der Waals surface area contributed by atoms with Gasteiger partial charge in [-0.25, -0.2) is 4.79 Å². The van der Waals surface area contributed by atoms with E-state index in [1.807, 2.05) is 51.2 Å². The van der Waals surface area contributed by atoms with Crippen LogP contribution < -0.4 is 0 Å². The summed E-state index contributed by atoms with van der Waals surface area (Å²) >= 11 is 0. The van der Waals surface area contributed by atoms with Crippen LogP contribution in [0.1, 0.15) is 47.5 Å². The third-order valence-corrected chi connectivity index (χ3v) is 4.77. The van der Waals surface area contributed by atoms with Crippen molar-refractivity contribution in [2.24, 2.45) is 11.3 Å². The number of Topliss-reactive ketones (excluding diaryl/α,β-unsaturated/α-hetero) is 1. The summed E-state index contributed by atoms with van der Waals surface area (Å²) < 4.78 is 4.60. The van der Waals surface area contributed by atoms with Crippen LogP contribution in [-0.2, 0) is 14.3 Å². The molecule has 0 N–H and O–H groups in total. The van der Waals surface area contributed by atoms with E-state index in [9.17, 15) is 9.59 Å². The van der Waals surface area contributed by atoms with Gasteiger partial charge in [-0.2, -0.15) is 0 Å². The van der Waals surface area contributed by atoms with Crippen molar-refractivity contribution in [1.82, 2.24) is 0 Å². The molecule has 1 atom stereocenters. The summed E-state index contributed by atoms with van der Waals surface area (Å²) in [5.74, 6) is 2.35. The Kier molecular flexibility index (Phi) is 8.25. The van der Waals surface area contributed by atoms with E-state index in [1.165, 1.54) is 13.2 Å². The van der Waals surface area contributed by atoms with Gasteiger partial charge in [0.2, 0.25) is 0 Å². The number of carbonyl (C=O) groups excluding carboxylic acids is 2. The van der Waals surface area contributed by atoms with Gasteiger partial charge in [0, 0.05) is 18.4 Å². The van der Waals surface area contributed by atoms with Crippen LogP contribution in [0.15, 0.2) is 58.7 Å². The van der Waals surface area contributed by atoms with Gasteiger partial charge in [-0.1, -0.05) is 49.8 Å². The predicted molar refractivity (Wildman–Crippen MR) is 111 cm³/mol. The van der Waals surface area contributed by atoms with E-state index < -0.39 is 0 Å². The average molecular weight is 367 g/mol. The monoisotopic (exact) mass is 366 g/mol. The molecule has 0 aliphatic heterocycles. The molecule has 1 aliphatic rings. The summed E-state index contributed by atoms with van der Waals surface area (Å²) in [4.78, 5) is 23.7. The molecular formula is C24H30O3. The maximum atomic E-state index is 12.6. The fourth-order valence-electron chi connectivity index (χ4n) is 3.34. The van der Waals surface area contributed by atoms with E-state index in [-0.39, 0.29) is 23.1 Å². The Balaban J connectivity index is 2.97. The smallest absolute Gasteiger partial charge is 0.330 e. The molecule has 0 radical (unpaired) electrons. The quantitative estimate of drug-likeness (QED) is 0.284. The minimum absolute atomic E-state index is 0.0775. The van der Waals surface area contributed by atoms with Crippen LogP contribution in [-0.4, -0.2) is 18.9 Å². The van der Waals surface area contributed by atoms with Crippen molar-refractivity contribution < 1.29 is 14.3 Å². The Labute approximate surface area is 163 Å². The summed E-state index contributed by atoms with van der Waals surface area (Å²) in [6.45, 7) is 10.0. The number of methoxy groups -OCH3 is 1. The van der Waals surface area contributed by atoms with Crippen molar-refractivity contribution in [2.45, 2.75) is 47.5 Å². The third-order valence-electron chi connectivity index (χ3n) is 4.77. The normalized spacial score (nSPS) is 21.1. The van der Waals surface area contributed by atoms with Gasteiger partial charge < -0.3 is 4.74 Å². The molecule has 144 valence electrons. The van der Waals surface area contributed by atoms with Crippen molar-refractivity contribution in [3.8, 4) is 12.3 Å². The van der Waals surface area contributed by atoms with E-state index in [4.69, 9.17) is 6.42 Å². The molecule has 0 aromatic heterocycles. The molecule has 3 heteroatoms. The number of terminal acetylenes is 1. The van der Waals surface area contributed by atoms with Crippen LogP contribution in [0.25, 0.3) is 0 Å². The molecule has 0 fully saturated rings. The fraction of sp³-hybridized carbons (Fsp3) is 0.417. The van der Waals surface area contributed by atoms with Crippen LogP contribution in [0.5, 0.6) is 0 Å². The van der Waals surface area contributed by atoms with Crippen molar-refractivity contribution in [1.29, 1.82) is 0 Å². The van der Waals surface area contributed by atoms with E-state index >= 15 is 0 Å². The van der Waals surface area contributed by atoms with Crippen LogP contribution in [0.3, 0.4) is 0 Å². The molecular weight excluding hydrogens is 336 g/mol. The first-order valence-corrected chi connectivity index (χ1v) is 9.10. The van der Waals surface area contributed by atoms with E-state index in [0.717, 1.165) is 28.7 Å². The van der Waals surface area contributed by atoms with Crippen LogP contribution in [0.2, 0.25) is 0 Å². The first-order chi connectivity index (χ1) is 12.6. The molecule has 0 saturated heterocycles. The zero-order valence-electron chi connectivity index (χ0n) is 17.3. The number of allylic oxidation sites excluding steroid dienone is 9. The molecule has 0 amide bonds. The lowest BCUT2D eigenvalue weighted by Crippen LogP contribution is -2.32. The lowest BCUT2D eigenvalue weighted by Gasteiger charge is -2.36. The Morgan fingerprint density at radius 2 is 1.96 bits per heavy atom. The van der Waals surface area contributed by atoms with E-state index in [0.29, 0.717) is 6.42 Å². The SMILES string of the molecule is C#CC[C@@H]1CC(C)(C)C(/C=C/C(C)=C/C=C/C(C)=C/C(=O)OC)=C(C)C1=O. The molecule has 0 spiro atoms. The number of ether oxygens (including phenoxy) is 1. The summed E-state index contributed by atoms with van der Waals surface area (Å²) in [6.07, 6.45) is 17.9. The van der Waals surface area contributed by atoms with Gasteiger partial charge in [-0.3, -0.25) is 4.79 Å². The zero-order chi connectivity index (χ0) is 20.6. The van der Waals surface area contributed by atoms with E-state index in [2.05, 4.69) is 24.5 Å². The fourth-order valence-corrected chi connectivity index (χ4v) is 3.34. The summed E-state index contributed by atoms with van der Waals surface area (Å²) in [6, 6.07) is 0. The van der Waals surface area contributed by atoms with Crippen LogP contribution in [0, 0.1) is 23.7 Å². The Hall–Kier alpha value is -2.60. The minimum Gasteiger partial charge on any atom is -0.466 e. The number of ketones is 1. The number of rotatable bonds is 6. The number of esters is 1. The van der Waals surface area contributed by atoms with Gasteiger partial charge in [0.25, 0.3) is 0 Å². The van der Waals surface area contributed by atoms with Crippen molar-refractivity contribution in [2.75, 3.05) is 7.11 Å². The van der Waals surface area contributed by atoms with E-state index in [1.54, 1.807) is 0 Å². The maximum absolute atomic E-state index is 12.6. The van der Waals surface area contributed by atoms with Gasteiger partial charge in [0.15, 0.2) is 5.78 Å². The highest BCUT2D eigenvalue weighted by Gasteiger charge is 2.37. The first-order valence-electron chi connectivity index (χ1n) is 9.10. The third kappa shape index (κ3) is 6.57. The topological polar surface area (TPSA) is 43.4 Å². The van der Waals surface area contributed by atoms with Gasteiger partial charge in [0.1, 0.15) is 0 Å². The highest BCUT2D eigenvalue weighted by Crippen LogP contribution is 2.43. The molecule has 0 heterocycles. The second-order valence-corrected chi connectivity index (χ2v) is 7.61. The van der Waals surface area contributed by atoms with Crippen LogP contribution in [0.4, 0.5) is 0 Å². The Bertz CT molecular complexity index is 777. The van der Waals surface area contributed by atoms with Crippen LogP contribution >= 0.6 is 0 Å². The molecule has 0 unspecified atom stereocenters. The molecule has 1 aliphatic carbocycles. The number of hydrogen-bond acceptors (Lipinski definition) is 3. The standard InChI is InChI=1S/C24H30O3/c1-8-10-20-16-24(5,6)21(19(4)23(20)26)14-13-17(2)11-9-12-18(3)15-22(25)27-7/h1,9,11-15,20H,10,16H2,2-7H3/b12-9+,14-13+,17-11+,18-15+/t20-/m1/s1. The molecule has 3 nitrogen and oxygen atoms in total. The van der Waals surface area contributed by atoms with Gasteiger partial charge >= 0.3 is 5.97 Å². The molecule has 0 saturated carbocycles. The van der Waals surface area contributed by atoms with Crippen molar-refractivity contribution in [3.05, 3.63) is 58.7 Å². The molecule has 0 bridgehead atoms. The summed E-state index contributed by atoms with van der Waals surface area (Å²) in [5, 5.41) is 0. The maximum Gasteiger partial charge on any atom is 0.330 e. The highest BCUT2D eigenvalue weighted by molar-refractivity contribution is 5.99. The largest absolute Gasteiger partial charge is 0.466 e. The minimum atomic E-state index is -0.368. The second-order valence-electron chi connectivity index (χ2n) is 7.61. The zero-order valence-corrected chi connectivity index (χ0v) is 17.3. The average Bonchev–Trinajstić information content (AvgIpc) is 2.59. The van der Waals surface area contributed by atoms with Gasteiger partial charge in [-0.15, -0.1) is 12.3 Å². The summed E-state index contributed by atoms with van der Waals surface area (Å²) in [5.41, 5.74) is 3.65. The molecule has 0 aromatic rings. The second kappa shape index (κ2) is 9.92. The van der Waals surface area contributed by atoms with Gasteiger partial charge in [-0.05, 0) is 49.3 Å². The number of carbonyl (C=O) groups is 2. The lowest BCUT2D eigenvalue weighted by molar-refractivity contribution is -0.134. The highest BCUT2D eigenvalue weighted by atomic mass is 16.5. The Morgan fingerprint density at radius 3 is 2.56 bits per heavy atom. The molecule has 1 rings (SSSR count). The first kappa shape index (κ1) is 22.4. The molecule has 27 heavy (non-hydrogen) atoms. The number of hydrogen-bond donors (Lipinski definition) is 0. The van der Waals surface area contributed by atoms with Crippen molar-refractivity contribution in [3.63, 3.8) is 0 Å². The van der Waals surface area contributed by atoms with Crippen molar-refractivity contribution >= 4 is 11.8 Å².